The van der Waals surface area contributed by atoms with Crippen LogP contribution in [0.15, 0.2) is 63.7 Å². The Bertz CT molecular complexity index is 1280. The van der Waals surface area contributed by atoms with Crippen LogP contribution >= 0.6 is 23.1 Å². The number of carbonyl (C=O) groups excluding carboxylic acids is 1. The zero-order chi connectivity index (χ0) is 29.0. The molecule has 0 fully saturated rings. The van der Waals surface area contributed by atoms with Gasteiger partial charge < -0.3 is 5.32 Å². The van der Waals surface area contributed by atoms with Gasteiger partial charge in [-0.05, 0) is 83.2 Å². The SMILES string of the molecule is Cc1cc(SC(CC(C)(C)C)c2ccc(C(=O)NCC(N=N)N=N)s2)cc(C)c1-c1ccc(C(C)(C)C)cc1. The van der Waals surface area contributed by atoms with Crippen LogP contribution < -0.4 is 5.32 Å². The van der Waals surface area contributed by atoms with Crippen molar-refractivity contribution in [1.29, 1.82) is 11.1 Å². The van der Waals surface area contributed by atoms with Crippen LogP contribution in [0.1, 0.15) is 84.5 Å². The number of benzene rings is 2. The summed E-state index contributed by atoms with van der Waals surface area (Å²) in [6, 6.07) is 17.4. The largest absolute Gasteiger partial charge is 0.347 e. The van der Waals surface area contributed by atoms with Crippen LogP contribution in [0.2, 0.25) is 0 Å². The lowest BCUT2D eigenvalue weighted by atomic mass is 9.85. The van der Waals surface area contributed by atoms with E-state index in [1.165, 1.54) is 44.0 Å². The Balaban J connectivity index is 1.85. The molecular weight excluding hydrogens is 523 g/mol. The van der Waals surface area contributed by atoms with Crippen LogP contribution in [0.3, 0.4) is 0 Å². The molecule has 0 aliphatic heterocycles. The Morgan fingerprint density at radius 1 is 0.949 bits per heavy atom. The molecule has 0 aliphatic rings. The Morgan fingerprint density at radius 2 is 1.54 bits per heavy atom. The molecule has 3 N–H and O–H groups in total. The van der Waals surface area contributed by atoms with Crippen molar-refractivity contribution in [3.05, 3.63) is 75.0 Å². The van der Waals surface area contributed by atoms with Gasteiger partial charge in [-0.1, -0.05) is 65.8 Å². The summed E-state index contributed by atoms with van der Waals surface area (Å²) >= 11 is 3.36. The summed E-state index contributed by atoms with van der Waals surface area (Å²) in [6.45, 7) is 17.9. The first-order valence-electron chi connectivity index (χ1n) is 13.2. The number of amides is 1. The van der Waals surface area contributed by atoms with Gasteiger partial charge in [-0.15, -0.1) is 23.1 Å². The minimum Gasteiger partial charge on any atom is -0.347 e. The van der Waals surface area contributed by atoms with Gasteiger partial charge in [0.1, 0.15) is 0 Å². The van der Waals surface area contributed by atoms with Gasteiger partial charge in [0.25, 0.3) is 5.91 Å². The van der Waals surface area contributed by atoms with Gasteiger partial charge in [0.15, 0.2) is 6.17 Å². The van der Waals surface area contributed by atoms with Crippen molar-refractivity contribution in [1.82, 2.24) is 5.32 Å². The summed E-state index contributed by atoms with van der Waals surface area (Å²) in [6.07, 6.45) is 0.0914. The number of thiophene rings is 1. The van der Waals surface area contributed by atoms with E-state index in [1.807, 2.05) is 17.8 Å². The van der Waals surface area contributed by atoms with E-state index in [0.29, 0.717) is 4.88 Å². The summed E-state index contributed by atoms with van der Waals surface area (Å²) in [4.78, 5) is 15.7. The van der Waals surface area contributed by atoms with Gasteiger partial charge in [-0.3, -0.25) is 4.79 Å². The van der Waals surface area contributed by atoms with Crippen LogP contribution in [0.5, 0.6) is 0 Å². The third-order valence-corrected chi connectivity index (χ3v) is 9.09. The molecule has 3 aromatic rings. The Kier molecular flexibility index (Phi) is 9.88. The van der Waals surface area contributed by atoms with Crippen LogP contribution in [0, 0.1) is 30.3 Å². The van der Waals surface area contributed by atoms with Crippen LogP contribution in [-0.4, -0.2) is 18.6 Å². The molecule has 8 heteroatoms. The maximum absolute atomic E-state index is 12.7. The second-order valence-corrected chi connectivity index (χ2v) is 14.7. The number of hydrogen-bond donors (Lipinski definition) is 3. The van der Waals surface area contributed by atoms with E-state index in [4.69, 9.17) is 11.1 Å². The third kappa shape index (κ3) is 8.32. The first-order valence-corrected chi connectivity index (χ1v) is 14.9. The third-order valence-electron chi connectivity index (χ3n) is 6.53. The molecule has 1 aromatic heterocycles. The van der Waals surface area contributed by atoms with Gasteiger partial charge in [0.2, 0.25) is 0 Å². The standard InChI is InChI=1S/C31H41N5OS2/c1-19-15-23(16-20(2)28(19)21-9-11-22(12-10-21)31(6,7)8)38-26(17-30(3,4)5)24-13-14-25(39-24)29(37)34-18-27(35-32)36-33/h9-16,26-27,32-33H,17-18H2,1-8H3,(H,34,37). The average Bonchev–Trinajstić information content (AvgIpc) is 3.33. The van der Waals surface area contributed by atoms with E-state index in [2.05, 4.69) is 113 Å². The maximum atomic E-state index is 12.7. The lowest BCUT2D eigenvalue weighted by Gasteiger charge is -2.25. The zero-order valence-corrected chi connectivity index (χ0v) is 25.9. The van der Waals surface area contributed by atoms with Crippen molar-refractivity contribution in [2.24, 2.45) is 15.6 Å². The van der Waals surface area contributed by atoms with Crippen molar-refractivity contribution in [2.45, 2.75) is 83.5 Å². The smallest absolute Gasteiger partial charge is 0.261 e. The summed E-state index contributed by atoms with van der Waals surface area (Å²) < 4.78 is 0. The molecule has 0 radical (unpaired) electrons. The molecule has 39 heavy (non-hydrogen) atoms. The van der Waals surface area contributed by atoms with E-state index in [0.717, 1.165) is 11.3 Å². The number of hydrogen-bond acceptors (Lipinski definition) is 7. The Labute approximate surface area is 241 Å². The van der Waals surface area contributed by atoms with E-state index in [1.54, 1.807) is 0 Å². The number of nitrogens with one attached hydrogen (secondary N) is 3. The normalized spacial score (nSPS) is 13.5. The van der Waals surface area contributed by atoms with Gasteiger partial charge >= 0.3 is 0 Å². The molecule has 6 nitrogen and oxygen atoms in total. The van der Waals surface area contributed by atoms with Crippen molar-refractivity contribution in [3.63, 3.8) is 0 Å². The van der Waals surface area contributed by atoms with Gasteiger partial charge in [-0.25, -0.2) is 11.1 Å². The molecule has 0 aliphatic carbocycles. The fourth-order valence-corrected chi connectivity index (χ4v) is 7.33. The summed E-state index contributed by atoms with van der Waals surface area (Å²) in [5.41, 5.74) is 20.7. The molecule has 0 spiro atoms. The first kappa shape index (κ1) is 30.7. The first-order chi connectivity index (χ1) is 18.2. The van der Waals surface area contributed by atoms with Gasteiger partial charge in [-0.2, -0.15) is 10.2 Å². The molecule has 208 valence electrons. The van der Waals surface area contributed by atoms with Crippen molar-refractivity contribution in [2.75, 3.05) is 6.54 Å². The van der Waals surface area contributed by atoms with E-state index in [-0.39, 0.29) is 28.5 Å². The number of carbonyl (C=O) groups is 1. The molecule has 0 bridgehead atoms. The van der Waals surface area contributed by atoms with Gasteiger partial charge in [0.05, 0.1) is 11.4 Å². The average molecular weight is 564 g/mol. The minimum absolute atomic E-state index is 0.0447. The quantitative estimate of drug-likeness (QED) is 0.169. The lowest BCUT2D eigenvalue weighted by molar-refractivity contribution is 0.0955. The van der Waals surface area contributed by atoms with E-state index < -0.39 is 6.17 Å². The molecule has 2 aromatic carbocycles. The number of nitrogens with zero attached hydrogens (tertiary/aromatic N) is 2. The van der Waals surface area contributed by atoms with E-state index >= 15 is 0 Å². The van der Waals surface area contributed by atoms with Crippen LogP contribution in [0.25, 0.3) is 11.1 Å². The summed E-state index contributed by atoms with van der Waals surface area (Å²) in [5, 5.41) is 9.39. The Hall–Kier alpha value is -2.84. The van der Waals surface area contributed by atoms with Gasteiger partial charge in [0, 0.05) is 15.0 Å². The fraction of sp³-hybridized carbons (Fsp3) is 0.452. The highest BCUT2D eigenvalue weighted by molar-refractivity contribution is 7.99. The van der Waals surface area contributed by atoms with Crippen molar-refractivity contribution in [3.8, 4) is 11.1 Å². The molecule has 0 saturated heterocycles. The van der Waals surface area contributed by atoms with Crippen molar-refractivity contribution < 1.29 is 4.79 Å². The van der Waals surface area contributed by atoms with Crippen LogP contribution in [0.4, 0.5) is 0 Å². The number of rotatable bonds is 10. The predicted octanol–water partition coefficient (Wildman–Crippen LogP) is 9.72. The highest BCUT2D eigenvalue weighted by atomic mass is 32.2. The maximum Gasteiger partial charge on any atom is 0.261 e. The molecule has 1 unspecified atom stereocenters. The van der Waals surface area contributed by atoms with E-state index in [9.17, 15) is 4.79 Å². The van der Waals surface area contributed by atoms with Crippen molar-refractivity contribution >= 4 is 29.0 Å². The monoisotopic (exact) mass is 563 g/mol. The second kappa shape index (κ2) is 12.6. The highest BCUT2D eigenvalue weighted by Gasteiger charge is 2.25. The molecular formula is C31H41N5OS2. The highest BCUT2D eigenvalue weighted by Crippen LogP contribution is 2.46. The lowest BCUT2D eigenvalue weighted by Crippen LogP contribution is -2.29. The topological polar surface area (TPSA) is 102 Å². The number of thioether (sulfide) groups is 1. The summed E-state index contributed by atoms with van der Waals surface area (Å²) in [5.74, 6) is -0.225. The molecule has 1 atom stereocenters. The molecule has 3 rings (SSSR count). The predicted molar refractivity (Wildman–Crippen MR) is 163 cm³/mol. The molecule has 1 heterocycles. The second-order valence-electron chi connectivity index (χ2n) is 12.3. The summed E-state index contributed by atoms with van der Waals surface area (Å²) in [7, 11) is 0. The fourth-order valence-electron chi connectivity index (χ4n) is 4.54. The Morgan fingerprint density at radius 3 is 2.05 bits per heavy atom. The molecule has 1 amide bonds. The number of aryl methyl sites for hydroxylation is 2. The van der Waals surface area contributed by atoms with Crippen LogP contribution in [-0.2, 0) is 5.41 Å². The zero-order valence-electron chi connectivity index (χ0n) is 24.3. The molecule has 0 saturated carbocycles. The minimum atomic E-state index is -0.872.